The Bertz CT molecular complexity index is 1520. The zero-order valence-electron chi connectivity index (χ0n) is 17.9. The first-order chi connectivity index (χ1) is 16.1. The van der Waals surface area contributed by atoms with Gasteiger partial charge >= 0.3 is 0 Å². The fourth-order valence-electron chi connectivity index (χ4n) is 3.81. The van der Waals surface area contributed by atoms with Gasteiger partial charge in [-0.25, -0.2) is 14.8 Å². The van der Waals surface area contributed by atoms with Gasteiger partial charge in [-0.1, -0.05) is 54.6 Å². The van der Waals surface area contributed by atoms with Crippen LogP contribution in [0.1, 0.15) is 22.8 Å². The van der Waals surface area contributed by atoms with Crippen LogP contribution in [0.2, 0.25) is 0 Å². The SMILES string of the molecule is CC(=NNC(=O)c1cc(-c2ccc(F)cc2)nc2ccccc12)c1ccc2ccccc2c1. The van der Waals surface area contributed by atoms with Crippen LogP contribution in [0, 0.1) is 5.82 Å². The van der Waals surface area contributed by atoms with Crippen LogP contribution in [0.15, 0.2) is 102 Å². The molecule has 0 bridgehead atoms. The van der Waals surface area contributed by atoms with E-state index in [9.17, 15) is 9.18 Å². The second-order valence-corrected chi connectivity index (χ2v) is 7.78. The van der Waals surface area contributed by atoms with E-state index in [4.69, 9.17) is 0 Å². The number of carbonyl (C=O) groups excluding carboxylic acids is 1. The van der Waals surface area contributed by atoms with Gasteiger partial charge in [-0.2, -0.15) is 5.10 Å². The summed E-state index contributed by atoms with van der Waals surface area (Å²) < 4.78 is 13.4. The number of rotatable bonds is 4. The Morgan fingerprint density at radius 1 is 0.848 bits per heavy atom. The summed E-state index contributed by atoms with van der Waals surface area (Å²) in [7, 11) is 0. The summed E-state index contributed by atoms with van der Waals surface area (Å²) in [6.45, 7) is 1.86. The van der Waals surface area contributed by atoms with Gasteiger partial charge in [0, 0.05) is 10.9 Å². The molecule has 5 heteroatoms. The molecule has 0 spiro atoms. The van der Waals surface area contributed by atoms with Crippen molar-refractivity contribution in [1.29, 1.82) is 0 Å². The van der Waals surface area contributed by atoms with Gasteiger partial charge in [-0.3, -0.25) is 4.79 Å². The third-order valence-electron chi connectivity index (χ3n) is 5.59. The maximum Gasteiger partial charge on any atom is 0.272 e. The van der Waals surface area contributed by atoms with Gasteiger partial charge in [0.1, 0.15) is 5.82 Å². The van der Waals surface area contributed by atoms with Crippen molar-refractivity contribution in [3.8, 4) is 11.3 Å². The van der Waals surface area contributed by atoms with Gasteiger partial charge in [-0.15, -0.1) is 0 Å². The van der Waals surface area contributed by atoms with Crippen LogP contribution < -0.4 is 5.43 Å². The Kier molecular flexibility index (Phi) is 5.37. The summed E-state index contributed by atoms with van der Waals surface area (Å²) in [5, 5.41) is 7.33. The van der Waals surface area contributed by atoms with E-state index in [1.807, 2.05) is 61.5 Å². The van der Waals surface area contributed by atoms with Crippen LogP contribution >= 0.6 is 0 Å². The van der Waals surface area contributed by atoms with Crippen LogP contribution in [-0.2, 0) is 0 Å². The topological polar surface area (TPSA) is 54.4 Å². The molecule has 0 aliphatic heterocycles. The highest BCUT2D eigenvalue weighted by Crippen LogP contribution is 2.25. The zero-order chi connectivity index (χ0) is 22.8. The summed E-state index contributed by atoms with van der Waals surface area (Å²) in [6, 6.07) is 29.4. The van der Waals surface area contributed by atoms with Gasteiger partial charge < -0.3 is 0 Å². The quantitative estimate of drug-likeness (QED) is 0.265. The van der Waals surface area contributed by atoms with Crippen molar-refractivity contribution in [2.24, 2.45) is 5.10 Å². The molecule has 0 saturated heterocycles. The molecular formula is C28H20FN3O. The van der Waals surface area contributed by atoms with Gasteiger partial charge in [0.15, 0.2) is 0 Å². The van der Waals surface area contributed by atoms with Crippen molar-refractivity contribution in [2.75, 3.05) is 0 Å². The number of carbonyl (C=O) groups is 1. The first-order valence-electron chi connectivity index (χ1n) is 10.6. The van der Waals surface area contributed by atoms with E-state index >= 15 is 0 Å². The van der Waals surface area contributed by atoms with E-state index in [1.165, 1.54) is 12.1 Å². The number of nitrogens with zero attached hydrogens (tertiary/aromatic N) is 2. The number of fused-ring (bicyclic) bond motifs is 2. The molecule has 0 aliphatic rings. The van der Waals surface area contributed by atoms with Gasteiger partial charge in [0.05, 0.1) is 22.5 Å². The molecule has 160 valence electrons. The lowest BCUT2D eigenvalue weighted by atomic mass is 10.0. The molecule has 0 saturated carbocycles. The van der Waals surface area contributed by atoms with Crippen molar-refractivity contribution in [3.05, 3.63) is 114 Å². The van der Waals surface area contributed by atoms with E-state index in [0.717, 1.165) is 27.3 Å². The van der Waals surface area contributed by atoms with E-state index in [1.54, 1.807) is 18.2 Å². The predicted molar refractivity (Wildman–Crippen MR) is 131 cm³/mol. The monoisotopic (exact) mass is 433 g/mol. The zero-order valence-corrected chi connectivity index (χ0v) is 17.9. The molecule has 1 aromatic heterocycles. The third-order valence-corrected chi connectivity index (χ3v) is 5.59. The Morgan fingerprint density at radius 3 is 2.39 bits per heavy atom. The average Bonchev–Trinajstić information content (AvgIpc) is 2.86. The van der Waals surface area contributed by atoms with Crippen molar-refractivity contribution in [3.63, 3.8) is 0 Å². The molecule has 1 amide bonds. The first-order valence-corrected chi connectivity index (χ1v) is 10.6. The Morgan fingerprint density at radius 2 is 1.58 bits per heavy atom. The summed E-state index contributed by atoms with van der Waals surface area (Å²) in [4.78, 5) is 17.8. The fraction of sp³-hybridized carbons (Fsp3) is 0.0357. The average molecular weight is 433 g/mol. The van der Waals surface area contributed by atoms with Crippen molar-refractivity contribution < 1.29 is 9.18 Å². The number of aromatic nitrogens is 1. The number of hydrazone groups is 1. The Hall–Kier alpha value is -4.38. The molecule has 0 fully saturated rings. The van der Waals surface area contributed by atoms with Crippen LogP contribution in [0.3, 0.4) is 0 Å². The predicted octanol–water partition coefficient (Wildman–Crippen LogP) is 6.35. The number of benzene rings is 4. The number of hydrogen-bond donors (Lipinski definition) is 1. The minimum atomic E-state index is -0.336. The highest BCUT2D eigenvalue weighted by molar-refractivity contribution is 6.08. The van der Waals surface area contributed by atoms with Gasteiger partial charge in [0.25, 0.3) is 5.91 Å². The number of para-hydroxylation sites is 1. The van der Waals surface area contributed by atoms with E-state index in [2.05, 4.69) is 27.6 Å². The number of pyridine rings is 1. The lowest BCUT2D eigenvalue weighted by molar-refractivity contribution is 0.0956. The normalized spacial score (nSPS) is 11.6. The van der Waals surface area contributed by atoms with Crippen molar-refractivity contribution in [2.45, 2.75) is 6.92 Å². The molecule has 1 heterocycles. The summed E-state index contributed by atoms with van der Waals surface area (Å²) in [5.41, 5.74) is 6.77. The van der Waals surface area contributed by atoms with Crippen LogP contribution in [0.25, 0.3) is 32.9 Å². The fourth-order valence-corrected chi connectivity index (χ4v) is 3.81. The lowest BCUT2D eigenvalue weighted by Gasteiger charge is -2.10. The largest absolute Gasteiger partial charge is 0.272 e. The molecule has 0 radical (unpaired) electrons. The molecule has 4 nitrogen and oxygen atoms in total. The van der Waals surface area contributed by atoms with E-state index < -0.39 is 0 Å². The Labute approximate surface area is 190 Å². The lowest BCUT2D eigenvalue weighted by Crippen LogP contribution is -2.20. The minimum absolute atomic E-state index is 0.323. The molecule has 5 rings (SSSR count). The molecule has 33 heavy (non-hydrogen) atoms. The summed E-state index contributed by atoms with van der Waals surface area (Å²) in [5.74, 6) is -0.659. The molecule has 0 unspecified atom stereocenters. The van der Waals surface area contributed by atoms with Crippen LogP contribution in [0.5, 0.6) is 0 Å². The number of nitrogens with one attached hydrogen (secondary N) is 1. The maximum absolute atomic E-state index is 13.4. The third kappa shape index (κ3) is 4.21. The highest BCUT2D eigenvalue weighted by atomic mass is 19.1. The standard InChI is InChI=1S/C28H20FN3O/c1-18(21-11-10-19-6-2-3-7-22(19)16-21)31-32-28(33)25-17-27(20-12-14-23(29)15-13-20)30-26-9-5-4-8-24(25)26/h2-17H,1H3,(H,32,33). The maximum atomic E-state index is 13.4. The van der Waals surface area contributed by atoms with E-state index in [0.29, 0.717) is 22.5 Å². The number of halogens is 1. The molecular weight excluding hydrogens is 413 g/mol. The van der Waals surface area contributed by atoms with Crippen LogP contribution in [0.4, 0.5) is 4.39 Å². The minimum Gasteiger partial charge on any atom is -0.267 e. The summed E-state index contributed by atoms with van der Waals surface area (Å²) in [6.07, 6.45) is 0. The second kappa shape index (κ2) is 8.63. The molecule has 0 aliphatic carbocycles. The Balaban J connectivity index is 1.48. The highest BCUT2D eigenvalue weighted by Gasteiger charge is 2.14. The van der Waals surface area contributed by atoms with Crippen molar-refractivity contribution in [1.82, 2.24) is 10.4 Å². The number of hydrogen-bond acceptors (Lipinski definition) is 3. The second-order valence-electron chi connectivity index (χ2n) is 7.78. The molecule has 4 aromatic carbocycles. The van der Waals surface area contributed by atoms with E-state index in [-0.39, 0.29) is 11.7 Å². The molecule has 0 atom stereocenters. The van der Waals surface area contributed by atoms with Gasteiger partial charge in [0.2, 0.25) is 0 Å². The van der Waals surface area contributed by atoms with Crippen molar-refractivity contribution >= 4 is 33.3 Å². The van der Waals surface area contributed by atoms with Gasteiger partial charge in [-0.05, 0) is 65.7 Å². The van der Waals surface area contributed by atoms with Crippen LogP contribution in [-0.4, -0.2) is 16.6 Å². The first kappa shape index (κ1) is 20.5. The summed E-state index contributed by atoms with van der Waals surface area (Å²) >= 11 is 0. The smallest absolute Gasteiger partial charge is 0.267 e. The number of amides is 1. The molecule has 1 N–H and O–H groups in total. The molecule has 5 aromatic rings.